The molecule has 604 valence electrons. The first-order valence-corrected chi connectivity index (χ1v) is 47.9. The highest BCUT2D eigenvalue weighted by atomic mass is 79.9. The van der Waals surface area contributed by atoms with Crippen molar-refractivity contribution in [2.75, 3.05) is 0 Å². The van der Waals surface area contributed by atoms with E-state index in [-0.39, 0.29) is 0 Å². The molecule has 1 aliphatic rings. The largest absolute Gasteiger partial charge is 0.309 e. The van der Waals surface area contributed by atoms with Crippen LogP contribution in [0.15, 0.2) is 441 Å². The Morgan fingerprint density at radius 2 is 0.426 bits per heavy atom. The first kappa shape index (κ1) is 75.5. The van der Waals surface area contributed by atoms with Gasteiger partial charge in [0.05, 0.1) is 33.1 Å². The second kappa shape index (κ2) is 30.8. The maximum atomic E-state index is 3.52. The molecule has 27 aromatic rings. The van der Waals surface area contributed by atoms with E-state index in [0.29, 0.717) is 0 Å². The first-order valence-electron chi connectivity index (χ1n) is 43.9. The predicted molar refractivity (Wildman–Crippen MR) is 562 cm³/mol. The normalized spacial score (nSPS) is 12.0. The summed E-state index contributed by atoms with van der Waals surface area (Å²) in [6.07, 6.45) is 1.01. The second-order valence-electron chi connectivity index (χ2n) is 33.7. The minimum atomic E-state index is 1.01. The van der Waals surface area contributed by atoms with Gasteiger partial charge in [-0.3, -0.25) is 0 Å². The summed E-state index contributed by atoms with van der Waals surface area (Å²) in [5, 5.41) is 18.3. The van der Waals surface area contributed by atoms with E-state index >= 15 is 0 Å². The lowest BCUT2D eigenvalue weighted by molar-refractivity contribution is 1.18. The number of fused-ring (bicyclic) bond motifs is 24. The monoisotopic (exact) mass is 1780 g/mol. The molecule has 0 aliphatic heterocycles. The van der Waals surface area contributed by atoms with Gasteiger partial charge in [0.2, 0.25) is 0 Å². The molecule has 7 heterocycles. The maximum Gasteiger partial charge on any atom is 0.0541 e. The molecule has 129 heavy (non-hydrogen) atoms. The average Bonchev–Trinajstić information content (AvgIpc) is 1.58. The fourth-order valence-corrected chi connectivity index (χ4v) is 25.7. The maximum absolute atomic E-state index is 3.52. The highest BCUT2D eigenvalue weighted by molar-refractivity contribution is 9.10. The minimum absolute atomic E-state index is 1.01. The topological polar surface area (TPSA) is 14.8 Å². The third-order valence-corrected chi connectivity index (χ3v) is 31.9. The Morgan fingerprint density at radius 1 is 0.171 bits per heavy atom. The Balaban J connectivity index is 0.000000114. The standard InChI is InChI=1S/C60H36N2S2.C37H22S2.C24H16BrN/c1-2-12-41(13-3-1)61-53-21-7-4-14-45(53)50-34-38(26-31-54(50)61)37-24-29-42(30-25-37)62-55-32-27-39(43-17-10-19-48-46-15-5-8-22-57(46)63-59(43)48)35-51(55)52-36-40(28-33-56(52)62)44-18-11-20-49-47-16-6-9-23-58(47)64-60(44)49;1-3-13-34-28(7-1)30-11-5-9-26(36(30)38-34)24-17-15-22-19-23-16-18-25(21-33(23)32(22)20-24)27-10-6-12-31-29-8-2-4-14-35(29)39-37(27)31;25-19-13-10-17(11-14-19)18-12-15-24-22(16-18)21-8-4-5-9-23(21)26(24)20-6-2-1-3-7-20/h1-36H;1-18,20-21H,19H2;1-16H. The Morgan fingerprint density at radius 3 is 0.791 bits per heavy atom. The van der Waals surface area contributed by atoms with Crippen LogP contribution in [-0.2, 0) is 6.42 Å². The predicted octanol–water partition coefficient (Wildman–Crippen LogP) is 36.2. The quantitative estimate of drug-likeness (QED) is 0.137. The third-order valence-electron chi connectivity index (χ3n) is 26.5. The van der Waals surface area contributed by atoms with Crippen molar-refractivity contribution >= 4 is 207 Å². The molecule has 0 saturated heterocycles. The van der Waals surface area contributed by atoms with Crippen molar-refractivity contribution in [1.82, 2.24) is 13.7 Å². The molecule has 8 heteroatoms. The molecule has 20 aromatic carbocycles. The Hall–Kier alpha value is -14.8. The highest BCUT2D eigenvalue weighted by Gasteiger charge is 2.25. The number of benzene rings is 20. The molecule has 0 radical (unpaired) electrons. The van der Waals surface area contributed by atoms with Crippen LogP contribution in [0.5, 0.6) is 0 Å². The van der Waals surface area contributed by atoms with Gasteiger partial charge in [-0.2, -0.15) is 0 Å². The van der Waals surface area contributed by atoms with Gasteiger partial charge in [0.25, 0.3) is 0 Å². The van der Waals surface area contributed by atoms with Crippen LogP contribution in [0.2, 0.25) is 0 Å². The van der Waals surface area contributed by atoms with E-state index in [1.54, 1.807) is 0 Å². The van der Waals surface area contributed by atoms with Crippen LogP contribution in [0.1, 0.15) is 11.1 Å². The van der Waals surface area contributed by atoms with Gasteiger partial charge in [0.1, 0.15) is 0 Å². The third kappa shape index (κ3) is 12.6. The number of hydrogen-bond donors (Lipinski definition) is 0. The van der Waals surface area contributed by atoms with Gasteiger partial charge in [-0.15, -0.1) is 45.3 Å². The SMILES string of the molecule is Brc1ccc(-c2ccc3c(c2)c2ccccc2n3-c2ccccc2)cc1.c1ccc(-n2c3ccccc3c3cc(-c4ccc(-n5c6ccc(-c7cccc8c7sc7ccccc78)cc6c6cc(-c7cccc8c7sc7ccccc78)ccc65)cc4)ccc32)cc1.c1ccc2c(c1)sc1c(-c3ccc4c(c3)-c3cc(-c5cccc6c5sc5ccccc56)ccc3C4)cccc12. The van der Waals surface area contributed by atoms with E-state index in [0.717, 1.165) is 16.6 Å². The fourth-order valence-electron chi connectivity index (χ4n) is 20.5. The van der Waals surface area contributed by atoms with Gasteiger partial charge < -0.3 is 13.7 Å². The van der Waals surface area contributed by atoms with Crippen LogP contribution in [0.4, 0.5) is 0 Å². The number of hydrogen-bond acceptors (Lipinski definition) is 4. The molecule has 0 unspecified atom stereocenters. The number of aromatic nitrogens is 3. The number of nitrogens with zero attached hydrogens (tertiary/aromatic N) is 3. The van der Waals surface area contributed by atoms with Gasteiger partial charge in [0.15, 0.2) is 0 Å². The van der Waals surface area contributed by atoms with Crippen molar-refractivity contribution < 1.29 is 0 Å². The number of rotatable bonds is 9. The van der Waals surface area contributed by atoms with E-state index in [4.69, 9.17) is 0 Å². The van der Waals surface area contributed by atoms with Crippen molar-refractivity contribution in [3.63, 3.8) is 0 Å². The second-order valence-corrected chi connectivity index (χ2v) is 38.9. The molecule has 0 N–H and O–H groups in total. The fraction of sp³-hybridized carbons (Fsp3) is 0.00826. The Labute approximate surface area is 768 Å². The first-order chi connectivity index (χ1) is 63.9. The molecular formula is C121H74BrN3S4. The zero-order valence-electron chi connectivity index (χ0n) is 69.6. The molecular weight excluding hydrogens is 1700 g/mol. The zero-order valence-corrected chi connectivity index (χ0v) is 74.5. The van der Waals surface area contributed by atoms with Crippen molar-refractivity contribution in [3.8, 4) is 95.0 Å². The number of halogens is 1. The van der Waals surface area contributed by atoms with Gasteiger partial charge in [-0.25, -0.2) is 0 Å². The average molecular weight is 1780 g/mol. The summed E-state index contributed by atoms with van der Waals surface area (Å²) in [7, 11) is 0. The van der Waals surface area contributed by atoms with Crippen LogP contribution in [0.25, 0.3) is 241 Å². The van der Waals surface area contributed by atoms with Crippen molar-refractivity contribution in [1.29, 1.82) is 0 Å². The Bertz CT molecular complexity index is 8900. The van der Waals surface area contributed by atoms with Crippen LogP contribution < -0.4 is 0 Å². The van der Waals surface area contributed by atoms with Crippen molar-refractivity contribution in [2.45, 2.75) is 6.42 Å². The van der Waals surface area contributed by atoms with E-state index in [9.17, 15) is 0 Å². The van der Waals surface area contributed by atoms with Crippen LogP contribution in [0.3, 0.4) is 0 Å². The van der Waals surface area contributed by atoms with Crippen LogP contribution in [0, 0.1) is 0 Å². The highest BCUT2D eigenvalue weighted by Crippen LogP contribution is 2.50. The lowest BCUT2D eigenvalue weighted by atomic mass is 9.95. The minimum Gasteiger partial charge on any atom is -0.309 e. The summed E-state index contributed by atoms with van der Waals surface area (Å²) in [4.78, 5) is 0. The van der Waals surface area contributed by atoms with Gasteiger partial charge in [0, 0.05) is 135 Å². The molecule has 7 aromatic heterocycles. The van der Waals surface area contributed by atoms with Gasteiger partial charge >= 0.3 is 0 Å². The van der Waals surface area contributed by atoms with Gasteiger partial charge in [-0.1, -0.05) is 307 Å². The lowest BCUT2D eigenvalue weighted by Crippen LogP contribution is -1.94. The molecule has 1 aliphatic carbocycles. The smallest absolute Gasteiger partial charge is 0.0541 e. The molecule has 0 bridgehead atoms. The zero-order chi connectivity index (χ0) is 84.9. The Kier molecular flexibility index (Phi) is 18.0. The summed E-state index contributed by atoms with van der Waals surface area (Å²) in [5.41, 5.74) is 31.6. The van der Waals surface area contributed by atoms with Crippen LogP contribution >= 0.6 is 61.3 Å². The summed E-state index contributed by atoms with van der Waals surface area (Å²) >= 11 is 11.1. The van der Waals surface area contributed by atoms with Crippen molar-refractivity contribution in [3.05, 3.63) is 452 Å². The molecule has 28 rings (SSSR count). The molecule has 3 nitrogen and oxygen atoms in total. The molecule has 0 amide bonds. The molecule has 0 spiro atoms. The van der Waals surface area contributed by atoms with Crippen molar-refractivity contribution in [2.24, 2.45) is 0 Å². The van der Waals surface area contributed by atoms with E-state index in [1.807, 2.05) is 45.3 Å². The summed E-state index contributed by atoms with van der Waals surface area (Å²) in [5.74, 6) is 0. The van der Waals surface area contributed by atoms with E-state index in [2.05, 4.69) is 466 Å². The summed E-state index contributed by atoms with van der Waals surface area (Å²) in [6.45, 7) is 0. The summed E-state index contributed by atoms with van der Waals surface area (Å²) in [6, 6.07) is 161. The van der Waals surface area contributed by atoms with Crippen LogP contribution in [-0.4, -0.2) is 13.7 Å². The number of para-hydroxylation sites is 4. The summed E-state index contributed by atoms with van der Waals surface area (Å²) < 4.78 is 19.1. The number of thiophene rings is 4. The molecule has 0 fully saturated rings. The molecule has 0 atom stereocenters. The molecule has 0 saturated carbocycles. The van der Waals surface area contributed by atoms with Gasteiger partial charge in [-0.05, 0) is 241 Å². The van der Waals surface area contributed by atoms with E-state index < -0.39 is 0 Å². The lowest BCUT2D eigenvalue weighted by Gasteiger charge is -2.11. The van der Waals surface area contributed by atoms with E-state index in [1.165, 1.54) is 246 Å².